The Hall–Kier alpha value is -3.10. The van der Waals surface area contributed by atoms with E-state index in [0.29, 0.717) is 39.7 Å². The van der Waals surface area contributed by atoms with Crippen molar-refractivity contribution in [2.75, 3.05) is 18.1 Å². The van der Waals surface area contributed by atoms with Crippen LogP contribution in [0.2, 0.25) is 0 Å². The minimum absolute atomic E-state index is 0.0287. The summed E-state index contributed by atoms with van der Waals surface area (Å²) in [5.74, 6) is 1.20. The summed E-state index contributed by atoms with van der Waals surface area (Å²) in [6.45, 7) is 4.78. The molecule has 1 saturated heterocycles. The summed E-state index contributed by atoms with van der Waals surface area (Å²) in [5, 5.41) is 7.55. The molecule has 0 aliphatic carbocycles. The van der Waals surface area contributed by atoms with E-state index in [4.69, 9.17) is 5.73 Å². The standard InChI is InChI=1S/C21H24F2IN9O/c1-11-26-15-5-4-14(27-19(15)32(11)8-16(22)23)13-6-7-33-17(13)18(25)28-20(31-33)30-24-9-21(3,10-24)29-12(2)34/h4-7,16H,8-10H2,1-3H3,(H,29,34)(H3,25,28,30,31). The van der Waals surface area contributed by atoms with E-state index in [1.807, 2.05) is 13.0 Å². The average molecular weight is 583 g/mol. The molecule has 4 N–H and O–H groups in total. The number of nitrogen functional groups attached to an aromatic ring is 1. The minimum atomic E-state index is -2.51. The molecule has 0 unspecified atom stereocenters. The molecule has 1 amide bonds. The summed E-state index contributed by atoms with van der Waals surface area (Å²) in [4.78, 5) is 24.8. The average Bonchev–Trinajstić information content (AvgIpc) is 3.27. The van der Waals surface area contributed by atoms with Crippen LogP contribution in [-0.4, -0.2) is 55.9 Å². The zero-order valence-electron chi connectivity index (χ0n) is 18.8. The quantitative estimate of drug-likeness (QED) is 0.181. The second-order valence-electron chi connectivity index (χ2n) is 8.60. The third kappa shape index (κ3) is 4.12. The SMILES string of the molecule is CC(=O)NC1(C)CI(Nc2nc(N)c3c(-c4ccc5nc(C)n(CC(F)F)c5n4)ccn3n2)C1. The number of alkyl halides is 4. The second kappa shape index (κ2) is 8.29. The molecule has 5 heterocycles. The number of nitrogens with two attached hydrogens (primary N) is 1. The van der Waals surface area contributed by atoms with Crippen molar-refractivity contribution < 1.29 is 13.6 Å². The topological polar surface area (TPSA) is 128 Å². The molecular formula is C21H24F2IN9O. The van der Waals surface area contributed by atoms with Gasteiger partial charge >= 0.3 is 193 Å². The molecule has 1 aliphatic rings. The zero-order valence-corrected chi connectivity index (χ0v) is 21.0. The van der Waals surface area contributed by atoms with E-state index < -0.39 is 33.1 Å². The van der Waals surface area contributed by atoms with Gasteiger partial charge in [0.1, 0.15) is 0 Å². The van der Waals surface area contributed by atoms with Gasteiger partial charge in [-0.3, -0.25) is 0 Å². The van der Waals surface area contributed by atoms with Gasteiger partial charge in [0.2, 0.25) is 0 Å². The number of hydrogen-bond donors (Lipinski definition) is 3. The van der Waals surface area contributed by atoms with Gasteiger partial charge in [-0.2, -0.15) is 0 Å². The van der Waals surface area contributed by atoms with E-state index in [1.165, 1.54) is 11.5 Å². The number of imidazole rings is 1. The molecule has 4 aromatic rings. The summed E-state index contributed by atoms with van der Waals surface area (Å²) in [5.41, 5.74) is 8.96. The molecule has 180 valence electrons. The Morgan fingerprint density at radius 1 is 1.26 bits per heavy atom. The molecule has 13 heteroatoms. The number of halogens is 3. The van der Waals surface area contributed by atoms with Crippen LogP contribution in [0, 0.1) is 6.92 Å². The van der Waals surface area contributed by atoms with Gasteiger partial charge in [-0.1, -0.05) is 0 Å². The first kappa shape index (κ1) is 22.7. The molecule has 34 heavy (non-hydrogen) atoms. The molecule has 0 bridgehead atoms. The third-order valence-electron chi connectivity index (χ3n) is 5.53. The van der Waals surface area contributed by atoms with Gasteiger partial charge in [0.05, 0.1) is 0 Å². The molecule has 1 fully saturated rings. The molecular weight excluding hydrogens is 559 g/mol. The number of rotatable bonds is 6. The van der Waals surface area contributed by atoms with Crippen LogP contribution >= 0.6 is 20.1 Å². The van der Waals surface area contributed by atoms with E-state index in [1.54, 1.807) is 29.8 Å². The van der Waals surface area contributed by atoms with Gasteiger partial charge in [0.25, 0.3) is 0 Å². The molecule has 10 nitrogen and oxygen atoms in total. The van der Waals surface area contributed by atoms with Crippen molar-refractivity contribution in [3.05, 3.63) is 30.2 Å². The zero-order chi connectivity index (χ0) is 24.2. The third-order valence-corrected chi connectivity index (χ3v) is 12.0. The van der Waals surface area contributed by atoms with Crippen molar-refractivity contribution in [2.24, 2.45) is 0 Å². The van der Waals surface area contributed by atoms with Crippen LogP contribution in [0.5, 0.6) is 0 Å². The fourth-order valence-electron chi connectivity index (χ4n) is 4.27. The molecule has 0 spiro atoms. The number of aromatic nitrogens is 6. The number of aryl methyl sites for hydroxylation is 1. The fraction of sp³-hybridized carbons (Fsp3) is 0.381. The predicted molar refractivity (Wildman–Crippen MR) is 134 cm³/mol. The Labute approximate surface area is 201 Å². The van der Waals surface area contributed by atoms with Crippen LogP contribution in [0.15, 0.2) is 24.4 Å². The number of carbonyl (C=O) groups is 1. The number of anilines is 2. The molecule has 0 saturated carbocycles. The first-order valence-electron chi connectivity index (χ1n) is 10.6. The van der Waals surface area contributed by atoms with Crippen molar-refractivity contribution >= 4 is 54.4 Å². The summed E-state index contributed by atoms with van der Waals surface area (Å²) in [6, 6.07) is 5.38. The van der Waals surface area contributed by atoms with Gasteiger partial charge in [-0.25, -0.2) is 8.78 Å². The first-order chi connectivity index (χ1) is 16.1. The number of hydrogen-bond acceptors (Lipinski definition) is 7. The number of pyridine rings is 1. The van der Waals surface area contributed by atoms with E-state index in [9.17, 15) is 13.6 Å². The molecule has 0 radical (unpaired) electrons. The molecule has 5 rings (SSSR count). The Morgan fingerprint density at radius 2 is 2.03 bits per heavy atom. The van der Waals surface area contributed by atoms with Crippen LogP contribution < -0.4 is 14.6 Å². The number of amides is 1. The summed E-state index contributed by atoms with van der Waals surface area (Å²) >= 11 is -1.54. The Bertz CT molecular complexity index is 1410. The van der Waals surface area contributed by atoms with Crippen LogP contribution in [0.3, 0.4) is 0 Å². The van der Waals surface area contributed by atoms with Crippen molar-refractivity contribution in [2.45, 2.75) is 39.3 Å². The monoisotopic (exact) mass is 583 g/mol. The summed E-state index contributed by atoms with van der Waals surface area (Å²) < 4.78 is 34.4. The van der Waals surface area contributed by atoms with Crippen molar-refractivity contribution in [1.29, 1.82) is 0 Å². The summed E-state index contributed by atoms with van der Waals surface area (Å²) in [6.07, 6.45) is -0.740. The molecule has 0 atom stereocenters. The van der Waals surface area contributed by atoms with Gasteiger partial charge in [-0.05, 0) is 0 Å². The Kier molecular flexibility index (Phi) is 5.53. The van der Waals surface area contributed by atoms with Gasteiger partial charge in [0, 0.05) is 0 Å². The van der Waals surface area contributed by atoms with Crippen molar-refractivity contribution in [3.63, 3.8) is 0 Å². The predicted octanol–water partition coefficient (Wildman–Crippen LogP) is 3.04. The van der Waals surface area contributed by atoms with E-state index in [-0.39, 0.29) is 17.3 Å². The maximum absolute atomic E-state index is 13.1. The molecule has 4 aromatic heterocycles. The fourth-order valence-corrected chi connectivity index (χ4v) is 9.79. The van der Waals surface area contributed by atoms with Crippen LogP contribution in [-0.2, 0) is 11.3 Å². The van der Waals surface area contributed by atoms with Crippen LogP contribution in [0.4, 0.5) is 20.5 Å². The van der Waals surface area contributed by atoms with Crippen molar-refractivity contribution in [3.8, 4) is 11.3 Å². The Morgan fingerprint density at radius 3 is 2.74 bits per heavy atom. The number of nitrogens with zero attached hydrogens (tertiary/aromatic N) is 6. The van der Waals surface area contributed by atoms with Crippen LogP contribution in [0.1, 0.15) is 19.7 Å². The molecule has 0 aromatic carbocycles. The summed E-state index contributed by atoms with van der Waals surface area (Å²) in [7, 11) is 0. The van der Waals surface area contributed by atoms with E-state index >= 15 is 0 Å². The number of carbonyl (C=O) groups excluding carboxylic acids is 1. The maximum atomic E-state index is 13.1. The first-order valence-corrected chi connectivity index (χ1v) is 14.7. The van der Waals surface area contributed by atoms with E-state index in [0.717, 1.165) is 8.86 Å². The van der Waals surface area contributed by atoms with Gasteiger partial charge in [-0.15, -0.1) is 0 Å². The molecule has 1 aliphatic heterocycles. The second-order valence-corrected chi connectivity index (χ2v) is 13.3. The number of fused-ring (bicyclic) bond motifs is 2. The van der Waals surface area contributed by atoms with Gasteiger partial charge in [0.15, 0.2) is 0 Å². The van der Waals surface area contributed by atoms with Crippen molar-refractivity contribution in [1.82, 2.24) is 34.4 Å². The van der Waals surface area contributed by atoms with Crippen LogP contribution in [0.25, 0.3) is 27.9 Å². The normalized spacial score (nSPS) is 16.2. The number of nitrogens with one attached hydrogen (secondary N) is 2. The van der Waals surface area contributed by atoms with E-state index in [2.05, 4.69) is 28.9 Å². The van der Waals surface area contributed by atoms with Gasteiger partial charge < -0.3 is 0 Å². The Balaban J connectivity index is 1.44.